The predicted octanol–water partition coefficient (Wildman–Crippen LogP) is 2.23. The van der Waals surface area contributed by atoms with E-state index in [1.165, 1.54) is 11.3 Å². The summed E-state index contributed by atoms with van der Waals surface area (Å²) in [6.45, 7) is 1.83. The minimum Gasteiger partial charge on any atom is -0.397 e. The van der Waals surface area contributed by atoms with Crippen LogP contribution in [0, 0.1) is 6.92 Å². The lowest BCUT2D eigenvalue weighted by Crippen LogP contribution is -2.13. The first-order valence-corrected chi connectivity index (χ1v) is 6.71. The third-order valence-corrected chi connectivity index (χ3v) is 3.99. The van der Waals surface area contributed by atoms with Crippen molar-refractivity contribution in [3.8, 4) is 0 Å². The van der Waals surface area contributed by atoms with Gasteiger partial charge in [-0.1, -0.05) is 0 Å². The predicted molar refractivity (Wildman–Crippen MR) is 78.8 cm³/mol. The standard InChI is InChI=1S/C13H11N5OS/c1-7-9(3-2-5-15-7)17-12(19)11-10(14)8-4-6-16-18-13(8)20-11/h2-6H,14H2,1H3,(H,17,19). The lowest BCUT2D eigenvalue weighted by atomic mass is 10.2. The smallest absolute Gasteiger partial charge is 0.268 e. The summed E-state index contributed by atoms with van der Waals surface area (Å²) in [5, 5.41) is 11.3. The maximum atomic E-state index is 12.3. The van der Waals surface area contributed by atoms with Gasteiger partial charge in [0.25, 0.3) is 5.91 Å². The molecule has 0 atom stereocenters. The molecule has 3 rings (SSSR count). The molecule has 20 heavy (non-hydrogen) atoms. The number of hydrogen-bond acceptors (Lipinski definition) is 6. The van der Waals surface area contributed by atoms with Gasteiger partial charge in [-0.2, -0.15) is 5.10 Å². The molecule has 3 aromatic heterocycles. The first-order valence-electron chi connectivity index (χ1n) is 5.89. The second-order valence-electron chi connectivity index (χ2n) is 4.19. The Balaban J connectivity index is 1.97. The van der Waals surface area contributed by atoms with Gasteiger partial charge >= 0.3 is 0 Å². The number of nitrogens with two attached hydrogens (primary N) is 1. The number of carbonyl (C=O) groups is 1. The van der Waals surface area contributed by atoms with E-state index in [4.69, 9.17) is 5.73 Å². The minimum absolute atomic E-state index is 0.262. The molecule has 0 aromatic carbocycles. The van der Waals surface area contributed by atoms with Gasteiger partial charge in [0.05, 0.1) is 23.3 Å². The number of aryl methyl sites for hydroxylation is 1. The molecule has 0 bridgehead atoms. The number of anilines is 2. The van der Waals surface area contributed by atoms with Crippen LogP contribution < -0.4 is 11.1 Å². The first kappa shape index (κ1) is 12.5. The summed E-state index contributed by atoms with van der Waals surface area (Å²) in [7, 11) is 0. The van der Waals surface area contributed by atoms with Gasteiger partial charge in [-0.05, 0) is 25.1 Å². The number of carbonyl (C=O) groups excluding carboxylic acids is 1. The van der Waals surface area contributed by atoms with Crippen LogP contribution in [0.15, 0.2) is 30.6 Å². The van der Waals surface area contributed by atoms with Gasteiger partial charge in [0.15, 0.2) is 0 Å². The molecule has 0 spiro atoms. The molecule has 3 N–H and O–H groups in total. The lowest BCUT2D eigenvalue weighted by Gasteiger charge is -2.06. The van der Waals surface area contributed by atoms with Crippen LogP contribution in [-0.4, -0.2) is 21.1 Å². The van der Waals surface area contributed by atoms with E-state index in [0.717, 1.165) is 11.1 Å². The van der Waals surface area contributed by atoms with E-state index in [9.17, 15) is 4.79 Å². The van der Waals surface area contributed by atoms with Gasteiger partial charge in [-0.3, -0.25) is 9.78 Å². The van der Waals surface area contributed by atoms with Gasteiger partial charge < -0.3 is 11.1 Å². The van der Waals surface area contributed by atoms with Crippen molar-refractivity contribution in [2.24, 2.45) is 0 Å². The molecule has 3 aromatic rings. The minimum atomic E-state index is -0.262. The normalized spacial score (nSPS) is 10.7. The third kappa shape index (κ3) is 2.08. The molecule has 0 saturated heterocycles. The summed E-state index contributed by atoms with van der Waals surface area (Å²) < 4.78 is 0. The van der Waals surface area contributed by atoms with Crippen LogP contribution in [0.25, 0.3) is 10.2 Å². The van der Waals surface area contributed by atoms with Crippen molar-refractivity contribution in [2.45, 2.75) is 6.92 Å². The molecule has 100 valence electrons. The summed E-state index contributed by atoms with van der Waals surface area (Å²) in [4.78, 5) is 17.5. The number of fused-ring (bicyclic) bond motifs is 1. The maximum Gasteiger partial charge on any atom is 0.268 e. The van der Waals surface area contributed by atoms with Gasteiger partial charge in [-0.15, -0.1) is 16.4 Å². The van der Waals surface area contributed by atoms with E-state index in [1.54, 1.807) is 30.6 Å². The van der Waals surface area contributed by atoms with Gasteiger partial charge in [0.2, 0.25) is 0 Å². The van der Waals surface area contributed by atoms with E-state index in [1.807, 2.05) is 6.92 Å². The van der Waals surface area contributed by atoms with Crippen LogP contribution in [0.1, 0.15) is 15.4 Å². The van der Waals surface area contributed by atoms with Crippen LogP contribution >= 0.6 is 11.3 Å². The molecule has 0 radical (unpaired) electrons. The highest BCUT2D eigenvalue weighted by atomic mass is 32.1. The average molecular weight is 285 g/mol. The monoisotopic (exact) mass is 285 g/mol. The number of thiophene rings is 1. The van der Waals surface area contributed by atoms with E-state index < -0.39 is 0 Å². The van der Waals surface area contributed by atoms with Gasteiger partial charge in [0.1, 0.15) is 9.71 Å². The summed E-state index contributed by atoms with van der Waals surface area (Å²) >= 11 is 1.23. The molecule has 0 fully saturated rings. The Kier molecular flexibility index (Phi) is 3.03. The number of nitrogens with one attached hydrogen (secondary N) is 1. The van der Waals surface area contributed by atoms with Crippen LogP contribution in [-0.2, 0) is 0 Å². The number of nitrogen functional groups attached to an aromatic ring is 1. The second-order valence-corrected chi connectivity index (χ2v) is 5.18. The fourth-order valence-electron chi connectivity index (χ4n) is 1.84. The maximum absolute atomic E-state index is 12.3. The van der Waals surface area contributed by atoms with Crippen molar-refractivity contribution in [1.29, 1.82) is 0 Å². The Hall–Kier alpha value is -2.54. The largest absolute Gasteiger partial charge is 0.397 e. The fourth-order valence-corrected chi connectivity index (χ4v) is 2.77. The van der Waals surface area contributed by atoms with Gasteiger partial charge in [-0.25, -0.2) is 0 Å². The molecular formula is C13H11N5OS. The second kappa shape index (κ2) is 4.86. The van der Waals surface area contributed by atoms with Crippen LogP contribution in [0.3, 0.4) is 0 Å². The van der Waals surface area contributed by atoms with E-state index in [2.05, 4.69) is 20.5 Å². The highest BCUT2D eigenvalue weighted by Gasteiger charge is 2.17. The molecular weight excluding hydrogens is 274 g/mol. The number of nitrogens with zero attached hydrogens (tertiary/aromatic N) is 3. The van der Waals surface area contributed by atoms with Crippen molar-refractivity contribution in [1.82, 2.24) is 15.2 Å². The number of amides is 1. The molecule has 0 aliphatic rings. The number of rotatable bonds is 2. The Morgan fingerprint density at radius 2 is 2.20 bits per heavy atom. The first-order chi connectivity index (χ1) is 9.66. The number of pyridine rings is 1. The Labute approximate surface area is 118 Å². The molecule has 0 aliphatic heterocycles. The van der Waals surface area contributed by atoms with Crippen LogP contribution in [0.2, 0.25) is 0 Å². The quantitative estimate of drug-likeness (QED) is 0.753. The Morgan fingerprint density at radius 3 is 2.95 bits per heavy atom. The zero-order chi connectivity index (χ0) is 14.1. The highest BCUT2D eigenvalue weighted by molar-refractivity contribution is 7.21. The SMILES string of the molecule is Cc1ncccc1NC(=O)c1sc2nnccc2c1N. The summed E-state index contributed by atoms with van der Waals surface area (Å²) in [5.74, 6) is -0.262. The highest BCUT2D eigenvalue weighted by Crippen LogP contribution is 2.32. The number of aromatic nitrogens is 3. The van der Waals surface area contributed by atoms with Crippen LogP contribution in [0.5, 0.6) is 0 Å². The topological polar surface area (TPSA) is 93.8 Å². The average Bonchev–Trinajstić information content (AvgIpc) is 2.79. The fraction of sp³-hybridized carbons (Fsp3) is 0.0769. The molecule has 1 amide bonds. The van der Waals surface area contributed by atoms with E-state index in [0.29, 0.717) is 21.1 Å². The van der Waals surface area contributed by atoms with Crippen molar-refractivity contribution >= 4 is 38.8 Å². The molecule has 0 unspecified atom stereocenters. The third-order valence-electron chi connectivity index (χ3n) is 2.88. The molecule has 3 heterocycles. The van der Waals surface area contributed by atoms with E-state index in [-0.39, 0.29) is 5.91 Å². The van der Waals surface area contributed by atoms with Crippen molar-refractivity contribution in [3.63, 3.8) is 0 Å². The molecule has 0 saturated carbocycles. The van der Waals surface area contributed by atoms with Crippen molar-refractivity contribution < 1.29 is 4.79 Å². The lowest BCUT2D eigenvalue weighted by molar-refractivity contribution is 0.103. The Bertz CT molecular complexity index is 798. The van der Waals surface area contributed by atoms with Crippen molar-refractivity contribution in [3.05, 3.63) is 41.2 Å². The summed E-state index contributed by atoms with van der Waals surface area (Å²) in [6.07, 6.45) is 3.23. The Morgan fingerprint density at radius 1 is 1.35 bits per heavy atom. The van der Waals surface area contributed by atoms with Gasteiger partial charge in [0, 0.05) is 11.6 Å². The number of hydrogen-bond donors (Lipinski definition) is 2. The molecule has 6 nitrogen and oxygen atoms in total. The molecule has 0 aliphatic carbocycles. The zero-order valence-corrected chi connectivity index (χ0v) is 11.4. The molecule has 7 heteroatoms. The van der Waals surface area contributed by atoms with E-state index >= 15 is 0 Å². The summed E-state index contributed by atoms with van der Waals surface area (Å²) in [6, 6.07) is 5.31. The van der Waals surface area contributed by atoms with Crippen molar-refractivity contribution in [2.75, 3.05) is 11.1 Å². The van der Waals surface area contributed by atoms with Crippen LogP contribution in [0.4, 0.5) is 11.4 Å². The summed E-state index contributed by atoms with van der Waals surface area (Å²) in [5.41, 5.74) is 7.84. The zero-order valence-electron chi connectivity index (χ0n) is 10.6.